The second-order valence-electron chi connectivity index (χ2n) is 3.87. The van der Waals surface area contributed by atoms with E-state index >= 15 is 0 Å². The van der Waals surface area contributed by atoms with Gasteiger partial charge in [0.2, 0.25) is 0 Å². The minimum atomic E-state index is -0.150. The topological polar surface area (TPSA) is 26.3 Å². The van der Waals surface area contributed by atoms with Crippen molar-refractivity contribution in [1.29, 1.82) is 0 Å². The Hall–Kier alpha value is -1.35. The third kappa shape index (κ3) is 2.09. The second kappa shape index (κ2) is 4.66. The summed E-state index contributed by atoms with van der Waals surface area (Å²) in [4.78, 5) is 11.2. The van der Waals surface area contributed by atoms with Gasteiger partial charge in [-0.1, -0.05) is 25.1 Å². The van der Waals surface area contributed by atoms with Crippen molar-refractivity contribution >= 4 is 27.4 Å². The molecule has 2 aromatic rings. The normalized spacial score (nSPS) is 12.6. The molecule has 0 aliphatic carbocycles. The molecule has 0 amide bonds. The minimum Gasteiger partial charge on any atom is -0.469 e. The molecular formula is C13H14O2S. The monoisotopic (exact) mass is 234 g/mol. The number of thiophene rings is 1. The van der Waals surface area contributed by atoms with E-state index in [0.717, 1.165) is 0 Å². The van der Waals surface area contributed by atoms with Crippen molar-refractivity contribution in [3.63, 3.8) is 0 Å². The van der Waals surface area contributed by atoms with Crippen LogP contribution in [-0.2, 0) is 9.53 Å². The molecule has 1 aromatic carbocycles. The molecule has 2 nitrogen and oxygen atoms in total. The number of ether oxygens (including phenoxy) is 1. The Morgan fingerprint density at radius 2 is 2.19 bits per heavy atom. The van der Waals surface area contributed by atoms with E-state index in [0.29, 0.717) is 6.42 Å². The Balaban J connectivity index is 2.29. The fraction of sp³-hybridized carbons (Fsp3) is 0.308. The van der Waals surface area contributed by atoms with E-state index in [-0.39, 0.29) is 11.9 Å². The number of carbonyl (C=O) groups excluding carboxylic acids is 1. The van der Waals surface area contributed by atoms with Crippen molar-refractivity contribution in [2.45, 2.75) is 19.3 Å². The van der Waals surface area contributed by atoms with Crippen LogP contribution in [0.5, 0.6) is 0 Å². The maximum Gasteiger partial charge on any atom is 0.306 e. The van der Waals surface area contributed by atoms with E-state index in [4.69, 9.17) is 4.74 Å². The van der Waals surface area contributed by atoms with Gasteiger partial charge in [0.05, 0.1) is 13.5 Å². The predicted octanol–water partition coefficient (Wildman–Crippen LogP) is 3.57. The van der Waals surface area contributed by atoms with Crippen molar-refractivity contribution in [2.24, 2.45) is 0 Å². The Labute approximate surface area is 98.9 Å². The van der Waals surface area contributed by atoms with Crippen molar-refractivity contribution in [3.05, 3.63) is 35.2 Å². The molecule has 1 unspecified atom stereocenters. The quantitative estimate of drug-likeness (QED) is 0.759. The predicted molar refractivity (Wildman–Crippen MR) is 66.9 cm³/mol. The summed E-state index contributed by atoms with van der Waals surface area (Å²) in [6.45, 7) is 2.06. The summed E-state index contributed by atoms with van der Waals surface area (Å²) in [7, 11) is 1.43. The number of benzene rings is 1. The fourth-order valence-electron chi connectivity index (χ4n) is 1.82. The van der Waals surface area contributed by atoms with Gasteiger partial charge in [-0.25, -0.2) is 0 Å². The van der Waals surface area contributed by atoms with E-state index in [1.54, 1.807) is 11.3 Å². The number of hydrogen-bond donors (Lipinski definition) is 0. The molecular weight excluding hydrogens is 220 g/mol. The van der Waals surface area contributed by atoms with Crippen LogP contribution < -0.4 is 0 Å². The van der Waals surface area contributed by atoms with Gasteiger partial charge in [-0.15, -0.1) is 11.3 Å². The highest BCUT2D eigenvalue weighted by atomic mass is 32.1. The maximum absolute atomic E-state index is 11.2. The first kappa shape index (κ1) is 11.1. The highest BCUT2D eigenvalue weighted by Gasteiger charge is 2.14. The number of methoxy groups -OCH3 is 1. The molecule has 0 radical (unpaired) electrons. The Morgan fingerprint density at radius 3 is 2.94 bits per heavy atom. The van der Waals surface area contributed by atoms with E-state index in [1.165, 1.54) is 22.8 Å². The molecule has 1 heterocycles. The highest BCUT2D eigenvalue weighted by Crippen LogP contribution is 2.32. The van der Waals surface area contributed by atoms with Gasteiger partial charge < -0.3 is 4.74 Å². The molecule has 0 fully saturated rings. The summed E-state index contributed by atoms with van der Waals surface area (Å²) in [6.07, 6.45) is 0.442. The van der Waals surface area contributed by atoms with Crippen LogP contribution in [0.2, 0.25) is 0 Å². The molecule has 1 atom stereocenters. The third-order valence-corrected chi connectivity index (χ3v) is 3.72. The van der Waals surface area contributed by atoms with Gasteiger partial charge in [0.25, 0.3) is 0 Å². The van der Waals surface area contributed by atoms with E-state index in [2.05, 4.69) is 24.4 Å². The Kier molecular flexibility index (Phi) is 3.25. The number of hydrogen-bond acceptors (Lipinski definition) is 3. The van der Waals surface area contributed by atoms with E-state index < -0.39 is 0 Å². The Bertz CT molecular complexity index is 501. The van der Waals surface area contributed by atoms with Crippen LogP contribution in [0.15, 0.2) is 29.6 Å². The molecule has 0 aliphatic heterocycles. The summed E-state index contributed by atoms with van der Waals surface area (Å²) in [5, 5.41) is 3.39. The van der Waals surface area contributed by atoms with E-state index in [9.17, 15) is 4.79 Å². The van der Waals surface area contributed by atoms with Gasteiger partial charge in [-0.05, 0) is 28.3 Å². The minimum absolute atomic E-state index is 0.150. The van der Waals surface area contributed by atoms with Gasteiger partial charge in [0.15, 0.2) is 0 Å². The molecule has 0 spiro atoms. The fourth-order valence-corrected chi connectivity index (χ4v) is 2.91. The average Bonchev–Trinajstić information content (AvgIpc) is 2.72. The highest BCUT2D eigenvalue weighted by molar-refractivity contribution is 7.17. The second-order valence-corrected chi connectivity index (χ2v) is 4.78. The van der Waals surface area contributed by atoms with Crippen molar-refractivity contribution in [2.75, 3.05) is 7.11 Å². The molecule has 2 rings (SSSR count). The van der Waals surface area contributed by atoms with Crippen LogP contribution in [0.3, 0.4) is 0 Å². The zero-order chi connectivity index (χ0) is 11.5. The largest absolute Gasteiger partial charge is 0.469 e. The molecule has 0 N–H and O–H groups in total. The van der Waals surface area contributed by atoms with Crippen LogP contribution in [0.1, 0.15) is 24.8 Å². The summed E-state index contributed by atoms with van der Waals surface area (Å²) < 4.78 is 5.97. The lowest BCUT2D eigenvalue weighted by molar-refractivity contribution is -0.140. The Morgan fingerprint density at radius 1 is 1.44 bits per heavy atom. The zero-order valence-electron chi connectivity index (χ0n) is 9.40. The van der Waals surface area contributed by atoms with Gasteiger partial charge in [0.1, 0.15) is 0 Å². The molecule has 0 saturated heterocycles. The van der Waals surface area contributed by atoms with Gasteiger partial charge in [0, 0.05) is 4.70 Å². The lowest BCUT2D eigenvalue weighted by Gasteiger charge is -2.08. The van der Waals surface area contributed by atoms with Crippen LogP contribution in [0.25, 0.3) is 10.1 Å². The summed E-state index contributed by atoms with van der Waals surface area (Å²) in [5.41, 5.74) is 1.24. The number of carbonyl (C=O) groups is 1. The molecule has 0 bridgehead atoms. The first-order chi connectivity index (χ1) is 7.72. The van der Waals surface area contributed by atoms with Crippen molar-refractivity contribution < 1.29 is 9.53 Å². The lowest BCUT2D eigenvalue weighted by atomic mass is 9.97. The first-order valence-electron chi connectivity index (χ1n) is 5.25. The zero-order valence-corrected chi connectivity index (χ0v) is 10.2. The van der Waals surface area contributed by atoms with Gasteiger partial charge >= 0.3 is 5.97 Å². The molecule has 0 saturated carbocycles. The van der Waals surface area contributed by atoms with Crippen LogP contribution in [-0.4, -0.2) is 13.1 Å². The first-order valence-corrected chi connectivity index (χ1v) is 6.13. The molecule has 16 heavy (non-hydrogen) atoms. The maximum atomic E-state index is 11.2. The summed E-state index contributed by atoms with van der Waals surface area (Å²) in [5.74, 6) is 0.0615. The van der Waals surface area contributed by atoms with Crippen LogP contribution >= 0.6 is 11.3 Å². The average molecular weight is 234 g/mol. The van der Waals surface area contributed by atoms with Crippen LogP contribution in [0, 0.1) is 0 Å². The SMILES string of the molecule is COC(=O)CC(C)c1csc2ccccc12. The molecule has 0 aliphatic rings. The van der Waals surface area contributed by atoms with Crippen molar-refractivity contribution in [1.82, 2.24) is 0 Å². The van der Waals surface area contributed by atoms with Gasteiger partial charge in [-0.2, -0.15) is 0 Å². The van der Waals surface area contributed by atoms with Gasteiger partial charge in [-0.3, -0.25) is 4.79 Å². The standard InChI is InChI=1S/C13H14O2S/c1-9(7-13(14)15-2)11-8-16-12-6-4-3-5-10(11)12/h3-6,8-9H,7H2,1-2H3. The smallest absolute Gasteiger partial charge is 0.306 e. The van der Waals surface area contributed by atoms with Crippen LogP contribution in [0.4, 0.5) is 0 Å². The third-order valence-electron chi connectivity index (χ3n) is 2.74. The molecule has 84 valence electrons. The molecule has 3 heteroatoms. The van der Waals surface area contributed by atoms with E-state index in [1.807, 2.05) is 12.1 Å². The molecule has 1 aromatic heterocycles. The number of rotatable bonds is 3. The number of fused-ring (bicyclic) bond motifs is 1. The van der Waals surface area contributed by atoms with Crippen molar-refractivity contribution in [3.8, 4) is 0 Å². The lowest BCUT2D eigenvalue weighted by Crippen LogP contribution is -2.05. The number of esters is 1. The summed E-state index contributed by atoms with van der Waals surface area (Å²) in [6, 6.07) is 8.28. The summed E-state index contributed by atoms with van der Waals surface area (Å²) >= 11 is 1.72.